The first-order chi connectivity index (χ1) is 14.3. The lowest BCUT2D eigenvalue weighted by molar-refractivity contribution is 0.0986. The summed E-state index contributed by atoms with van der Waals surface area (Å²) >= 11 is 0. The number of aromatic nitrogens is 2. The molecule has 0 bridgehead atoms. The molecule has 2 aromatic heterocycles. The summed E-state index contributed by atoms with van der Waals surface area (Å²) in [7, 11) is 0. The second kappa shape index (κ2) is 6.59. The third-order valence-electron chi connectivity index (χ3n) is 6.30. The summed E-state index contributed by atoms with van der Waals surface area (Å²) < 4.78 is 7.57. The summed E-state index contributed by atoms with van der Waals surface area (Å²) in [6, 6.07) is 12.5. The number of rotatable bonds is 3. The Balaban J connectivity index is 1.34. The van der Waals surface area contributed by atoms with E-state index in [1.807, 2.05) is 29.3 Å². The number of carbonyl (C=O) groups is 1. The molecule has 3 aliphatic rings. The number of amides is 1. The van der Waals surface area contributed by atoms with Crippen molar-refractivity contribution >= 4 is 22.8 Å². The fourth-order valence-corrected chi connectivity index (χ4v) is 4.59. The van der Waals surface area contributed by atoms with Gasteiger partial charge >= 0.3 is 0 Å². The van der Waals surface area contributed by atoms with Gasteiger partial charge in [0.1, 0.15) is 5.82 Å². The molecule has 6 nitrogen and oxygen atoms in total. The van der Waals surface area contributed by atoms with Gasteiger partial charge in [0, 0.05) is 43.1 Å². The Hall–Kier alpha value is -2.86. The molecule has 6 rings (SSSR count). The van der Waals surface area contributed by atoms with E-state index in [1.165, 1.54) is 24.1 Å². The number of imidazole rings is 1. The van der Waals surface area contributed by atoms with Crippen LogP contribution in [0.15, 0.2) is 42.6 Å². The standard InChI is InChI=1S/C23H24N4O2/c28-23(21-20-3-1-2-9-26(20)22(24-21)16-4-5-16)27-10-8-17-15-18(6-7-19(17)27)25-11-13-29-14-12-25/h1-3,6-7,9,15-16H,4-5,8,10-14H2. The fourth-order valence-electron chi connectivity index (χ4n) is 4.59. The molecule has 0 atom stereocenters. The van der Waals surface area contributed by atoms with E-state index in [0.29, 0.717) is 18.2 Å². The van der Waals surface area contributed by atoms with Gasteiger partial charge in [-0.25, -0.2) is 4.98 Å². The lowest BCUT2D eigenvalue weighted by atomic mass is 10.1. The average Bonchev–Trinajstić information content (AvgIpc) is 3.42. The predicted octanol–water partition coefficient (Wildman–Crippen LogP) is 3.25. The largest absolute Gasteiger partial charge is 0.378 e. The van der Waals surface area contributed by atoms with Crippen LogP contribution in [0.4, 0.5) is 11.4 Å². The average molecular weight is 388 g/mol. The van der Waals surface area contributed by atoms with Crippen LogP contribution in [0.3, 0.4) is 0 Å². The number of anilines is 2. The maximum Gasteiger partial charge on any atom is 0.279 e. The van der Waals surface area contributed by atoms with Crippen LogP contribution >= 0.6 is 0 Å². The molecule has 29 heavy (non-hydrogen) atoms. The third-order valence-corrected chi connectivity index (χ3v) is 6.30. The summed E-state index contributed by atoms with van der Waals surface area (Å²) in [4.78, 5) is 22.6. The molecule has 1 aromatic carbocycles. The van der Waals surface area contributed by atoms with Crippen molar-refractivity contribution in [2.24, 2.45) is 0 Å². The second-order valence-corrected chi connectivity index (χ2v) is 8.17. The van der Waals surface area contributed by atoms with E-state index < -0.39 is 0 Å². The molecule has 148 valence electrons. The predicted molar refractivity (Wildman–Crippen MR) is 112 cm³/mol. The molecule has 0 N–H and O–H groups in total. The van der Waals surface area contributed by atoms with Gasteiger partial charge in [-0.2, -0.15) is 0 Å². The Morgan fingerprint density at radius 1 is 1.07 bits per heavy atom. The quantitative estimate of drug-likeness (QED) is 0.691. The number of carbonyl (C=O) groups excluding carboxylic acids is 1. The first kappa shape index (κ1) is 17.0. The Morgan fingerprint density at radius 3 is 2.76 bits per heavy atom. The zero-order chi connectivity index (χ0) is 19.4. The van der Waals surface area contributed by atoms with E-state index in [2.05, 4.69) is 27.5 Å². The summed E-state index contributed by atoms with van der Waals surface area (Å²) in [5.41, 5.74) is 4.99. The second-order valence-electron chi connectivity index (χ2n) is 8.17. The molecule has 3 aromatic rings. The Kier molecular flexibility index (Phi) is 3.87. The minimum Gasteiger partial charge on any atom is -0.378 e. The number of nitrogens with zero attached hydrogens (tertiary/aromatic N) is 4. The summed E-state index contributed by atoms with van der Waals surface area (Å²) in [6.45, 7) is 4.11. The highest BCUT2D eigenvalue weighted by atomic mass is 16.5. The first-order valence-electron chi connectivity index (χ1n) is 10.5. The van der Waals surface area contributed by atoms with Crippen LogP contribution in [0.2, 0.25) is 0 Å². The molecule has 1 saturated heterocycles. The number of ether oxygens (including phenoxy) is 1. The van der Waals surface area contributed by atoms with Gasteiger partial charge in [-0.05, 0) is 55.2 Å². The maximum absolute atomic E-state index is 13.5. The lowest BCUT2D eigenvalue weighted by Crippen LogP contribution is -2.36. The highest BCUT2D eigenvalue weighted by Gasteiger charge is 2.33. The van der Waals surface area contributed by atoms with Crippen LogP contribution in [0.5, 0.6) is 0 Å². The zero-order valence-electron chi connectivity index (χ0n) is 16.4. The van der Waals surface area contributed by atoms with Crippen LogP contribution in [-0.4, -0.2) is 48.1 Å². The molecule has 1 amide bonds. The molecular formula is C23H24N4O2. The normalized spacial score (nSPS) is 19.0. The summed E-state index contributed by atoms with van der Waals surface area (Å²) in [6.07, 6.45) is 5.25. The van der Waals surface area contributed by atoms with E-state index in [4.69, 9.17) is 9.72 Å². The van der Waals surface area contributed by atoms with Crippen molar-refractivity contribution in [3.8, 4) is 0 Å². The number of pyridine rings is 1. The van der Waals surface area contributed by atoms with Gasteiger partial charge in [-0.15, -0.1) is 0 Å². The smallest absolute Gasteiger partial charge is 0.279 e. The number of morpholine rings is 1. The molecule has 2 fully saturated rings. The first-order valence-corrected chi connectivity index (χ1v) is 10.5. The Labute approximate surface area is 169 Å². The summed E-state index contributed by atoms with van der Waals surface area (Å²) in [5.74, 6) is 1.54. The van der Waals surface area contributed by atoms with E-state index in [1.54, 1.807) is 0 Å². The van der Waals surface area contributed by atoms with Gasteiger partial charge in [0.2, 0.25) is 0 Å². The molecule has 0 unspecified atom stereocenters. The molecule has 6 heteroatoms. The van der Waals surface area contributed by atoms with Crippen molar-refractivity contribution in [3.63, 3.8) is 0 Å². The van der Waals surface area contributed by atoms with Gasteiger partial charge in [-0.3, -0.25) is 4.79 Å². The van der Waals surface area contributed by atoms with E-state index in [0.717, 1.165) is 49.8 Å². The van der Waals surface area contributed by atoms with Gasteiger partial charge in [0.25, 0.3) is 5.91 Å². The van der Waals surface area contributed by atoms with E-state index >= 15 is 0 Å². The monoisotopic (exact) mass is 388 g/mol. The van der Waals surface area contributed by atoms with Gasteiger partial charge < -0.3 is 18.9 Å². The topological polar surface area (TPSA) is 50.1 Å². The number of fused-ring (bicyclic) bond motifs is 2. The van der Waals surface area contributed by atoms with Crippen LogP contribution in [-0.2, 0) is 11.2 Å². The van der Waals surface area contributed by atoms with Crippen LogP contribution in [0.1, 0.15) is 40.6 Å². The zero-order valence-corrected chi connectivity index (χ0v) is 16.4. The van der Waals surface area contributed by atoms with Crippen molar-refractivity contribution in [3.05, 3.63) is 59.7 Å². The molecule has 1 saturated carbocycles. The van der Waals surface area contributed by atoms with E-state index in [-0.39, 0.29) is 5.91 Å². The SMILES string of the molecule is O=C(c1nc(C2CC2)n2ccccc12)N1CCc2cc(N3CCOCC3)ccc21. The minimum atomic E-state index is 0.0125. The molecule has 4 heterocycles. The highest BCUT2D eigenvalue weighted by Crippen LogP contribution is 2.40. The van der Waals surface area contributed by atoms with Crippen molar-refractivity contribution in [1.82, 2.24) is 9.38 Å². The molecule has 2 aliphatic heterocycles. The minimum absolute atomic E-state index is 0.0125. The lowest BCUT2D eigenvalue weighted by Gasteiger charge is -2.29. The fraction of sp³-hybridized carbons (Fsp3) is 0.391. The Bertz CT molecular complexity index is 1100. The van der Waals surface area contributed by atoms with Crippen LogP contribution in [0, 0.1) is 0 Å². The summed E-state index contributed by atoms with van der Waals surface area (Å²) in [5, 5.41) is 0. The molecule has 0 spiro atoms. The van der Waals surface area contributed by atoms with Crippen molar-refractivity contribution in [1.29, 1.82) is 0 Å². The van der Waals surface area contributed by atoms with Gasteiger partial charge in [0.05, 0.1) is 18.7 Å². The maximum atomic E-state index is 13.5. The number of benzene rings is 1. The number of hydrogen-bond acceptors (Lipinski definition) is 4. The highest BCUT2D eigenvalue weighted by molar-refractivity contribution is 6.10. The van der Waals surface area contributed by atoms with Crippen LogP contribution in [0.25, 0.3) is 5.52 Å². The van der Waals surface area contributed by atoms with Crippen molar-refractivity contribution in [2.45, 2.75) is 25.2 Å². The van der Waals surface area contributed by atoms with Gasteiger partial charge in [0.15, 0.2) is 5.69 Å². The third kappa shape index (κ3) is 2.82. The Morgan fingerprint density at radius 2 is 1.93 bits per heavy atom. The van der Waals surface area contributed by atoms with E-state index in [9.17, 15) is 4.79 Å². The molecule has 1 aliphatic carbocycles. The van der Waals surface area contributed by atoms with Crippen molar-refractivity contribution < 1.29 is 9.53 Å². The van der Waals surface area contributed by atoms with Crippen molar-refractivity contribution in [2.75, 3.05) is 42.6 Å². The van der Waals surface area contributed by atoms with Gasteiger partial charge in [-0.1, -0.05) is 6.07 Å². The van der Waals surface area contributed by atoms with Crippen LogP contribution < -0.4 is 9.80 Å². The molecular weight excluding hydrogens is 364 g/mol. The number of hydrogen-bond donors (Lipinski definition) is 0. The molecule has 0 radical (unpaired) electrons.